The molecule has 3 heterocycles. The molecule has 3 unspecified atom stereocenters. The largest absolute Gasteiger partial charge is 0.465 e. The molecule has 0 bridgehead atoms. The van der Waals surface area contributed by atoms with Crippen molar-refractivity contribution in [1.29, 1.82) is 0 Å². The topological polar surface area (TPSA) is 143 Å². The Morgan fingerprint density at radius 2 is 2.19 bits per heavy atom. The summed E-state index contributed by atoms with van der Waals surface area (Å²) in [6.07, 6.45) is 6.07. The second kappa shape index (κ2) is 11.2. The number of ether oxygens (including phenoxy) is 2. The van der Waals surface area contributed by atoms with Gasteiger partial charge < -0.3 is 24.3 Å². The highest BCUT2D eigenvalue weighted by Crippen LogP contribution is 2.47. The summed E-state index contributed by atoms with van der Waals surface area (Å²) in [5.41, 5.74) is 6.94. The lowest BCUT2D eigenvalue weighted by Crippen LogP contribution is -2.44. The number of nitrogens with one attached hydrogen (secondary N) is 1. The summed E-state index contributed by atoms with van der Waals surface area (Å²) in [5, 5.41) is 2.92. The molecule has 1 saturated heterocycles. The summed E-state index contributed by atoms with van der Waals surface area (Å²) in [6.45, 7) is 6.84. The number of aromatic nitrogens is 4. The van der Waals surface area contributed by atoms with Gasteiger partial charge in [-0.3, -0.25) is 9.36 Å². The predicted octanol–water partition coefficient (Wildman–Crippen LogP) is 2.71. The van der Waals surface area contributed by atoms with Crippen molar-refractivity contribution >= 4 is 30.5 Å². The maximum Gasteiger partial charge on any atom is 0.323 e. The average molecular weight is 468 g/mol. The molecule has 0 spiro atoms. The fraction of sp³-hybridized carbons (Fsp3) is 0.700. The van der Waals surface area contributed by atoms with E-state index < -0.39 is 19.5 Å². The Kier molecular flexibility index (Phi) is 8.58. The number of anilines is 1. The molecule has 0 aromatic carbocycles. The van der Waals surface area contributed by atoms with Crippen LogP contribution >= 0.6 is 7.52 Å². The van der Waals surface area contributed by atoms with E-state index in [0.717, 1.165) is 25.7 Å². The molecule has 11 nitrogen and oxygen atoms in total. The first-order valence-corrected chi connectivity index (χ1v) is 12.9. The van der Waals surface area contributed by atoms with Crippen LogP contribution in [0.5, 0.6) is 0 Å². The number of unbranched alkanes of at least 4 members (excludes halogenated alkanes) is 2. The van der Waals surface area contributed by atoms with E-state index in [1.165, 1.54) is 6.33 Å². The van der Waals surface area contributed by atoms with Gasteiger partial charge in [-0.25, -0.2) is 20.0 Å². The quantitative estimate of drug-likeness (QED) is 0.287. The molecule has 178 valence electrons. The fourth-order valence-electron chi connectivity index (χ4n) is 3.40. The molecule has 2 aromatic rings. The molecule has 0 radical (unpaired) electrons. The van der Waals surface area contributed by atoms with E-state index in [2.05, 4.69) is 27.0 Å². The van der Waals surface area contributed by atoms with Crippen molar-refractivity contribution in [3.05, 3.63) is 12.7 Å². The minimum Gasteiger partial charge on any atom is -0.465 e. The number of esters is 1. The lowest BCUT2D eigenvalue weighted by atomic mass is 10.0. The Hall–Kier alpha value is -2.07. The number of nitrogens with two attached hydrogens (primary N) is 1. The number of hydrogen-bond donors (Lipinski definition) is 2. The molecule has 3 rings (SSSR count). The third kappa shape index (κ3) is 6.04. The number of hydrogen-bond acceptors (Lipinski definition) is 9. The summed E-state index contributed by atoms with van der Waals surface area (Å²) < 4.78 is 32.0. The third-order valence-electron chi connectivity index (χ3n) is 5.57. The second-order valence-corrected chi connectivity index (χ2v) is 10.2. The van der Waals surface area contributed by atoms with Crippen molar-refractivity contribution in [2.24, 2.45) is 5.92 Å². The predicted molar refractivity (Wildman–Crippen MR) is 120 cm³/mol. The van der Waals surface area contributed by atoms with Crippen LogP contribution in [0.15, 0.2) is 12.7 Å². The third-order valence-corrected chi connectivity index (χ3v) is 7.30. The van der Waals surface area contributed by atoms with Gasteiger partial charge in [0.05, 0.1) is 26.1 Å². The van der Waals surface area contributed by atoms with E-state index in [4.69, 9.17) is 19.7 Å². The number of fused-ring (bicyclic) bond motifs is 1. The summed E-state index contributed by atoms with van der Waals surface area (Å²) in [6, 6.07) is -0.718. The van der Waals surface area contributed by atoms with E-state index in [1.807, 2.05) is 13.8 Å². The van der Waals surface area contributed by atoms with Crippen molar-refractivity contribution in [2.75, 3.05) is 25.3 Å². The van der Waals surface area contributed by atoms with E-state index in [1.54, 1.807) is 10.9 Å². The zero-order valence-corrected chi connectivity index (χ0v) is 19.8. The van der Waals surface area contributed by atoms with Gasteiger partial charge in [-0.1, -0.05) is 40.0 Å². The SMILES string of the molecule is CCCCCOC(=O)C(NP1(=O)CO[C@@H](Cn2cnc3c(N)ncnc32)CO1)C(C)CC. The molecule has 12 heteroatoms. The number of carbonyl (C=O) groups is 1. The Labute approximate surface area is 187 Å². The molecule has 3 N–H and O–H groups in total. The van der Waals surface area contributed by atoms with Gasteiger partial charge in [0.15, 0.2) is 11.5 Å². The van der Waals surface area contributed by atoms with Crippen LogP contribution in [-0.4, -0.2) is 57.2 Å². The Bertz CT molecular complexity index is 942. The highest BCUT2D eigenvalue weighted by molar-refractivity contribution is 7.56. The summed E-state index contributed by atoms with van der Waals surface area (Å²) >= 11 is 0. The van der Waals surface area contributed by atoms with Crippen molar-refractivity contribution in [3.8, 4) is 0 Å². The van der Waals surface area contributed by atoms with Gasteiger partial charge in [0.25, 0.3) is 7.52 Å². The van der Waals surface area contributed by atoms with Crippen LogP contribution in [-0.2, 0) is 29.9 Å². The zero-order chi connectivity index (χ0) is 23.1. The van der Waals surface area contributed by atoms with Gasteiger partial charge in [-0.15, -0.1) is 0 Å². The second-order valence-electron chi connectivity index (χ2n) is 8.08. The summed E-state index contributed by atoms with van der Waals surface area (Å²) in [4.78, 5) is 25.0. The Morgan fingerprint density at radius 1 is 1.38 bits per heavy atom. The average Bonchev–Trinajstić information content (AvgIpc) is 3.20. The van der Waals surface area contributed by atoms with Crippen molar-refractivity contribution in [1.82, 2.24) is 24.6 Å². The molecule has 1 fully saturated rings. The van der Waals surface area contributed by atoms with E-state index in [0.29, 0.717) is 30.1 Å². The maximum atomic E-state index is 13.2. The highest BCUT2D eigenvalue weighted by atomic mass is 31.2. The molecule has 0 aliphatic carbocycles. The van der Waals surface area contributed by atoms with Crippen molar-refractivity contribution in [2.45, 2.75) is 65.1 Å². The van der Waals surface area contributed by atoms with Crippen LogP contribution in [0.25, 0.3) is 11.2 Å². The number of nitrogen functional groups attached to an aromatic ring is 1. The van der Waals surface area contributed by atoms with Crippen LogP contribution in [0.2, 0.25) is 0 Å². The molecular formula is C20H33N6O5P. The molecule has 0 amide bonds. The van der Waals surface area contributed by atoms with Crippen molar-refractivity contribution < 1.29 is 23.4 Å². The maximum absolute atomic E-state index is 13.2. The van der Waals surface area contributed by atoms with Gasteiger partial charge in [0.1, 0.15) is 30.3 Å². The first kappa shape index (κ1) is 24.6. The van der Waals surface area contributed by atoms with E-state index >= 15 is 0 Å². The lowest BCUT2D eigenvalue weighted by molar-refractivity contribution is -0.147. The molecule has 2 aromatic heterocycles. The van der Waals surface area contributed by atoms with Crippen molar-refractivity contribution in [3.63, 3.8) is 0 Å². The van der Waals surface area contributed by atoms with Crippen LogP contribution in [0.4, 0.5) is 5.82 Å². The number of rotatable bonds is 11. The number of carbonyl (C=O) groups excluding carboxylic acids is 1. The van der Waals surface area contributed by atoms with E-state index in [-0.39, 0.29) is 25.0 Å². The van der Waals surface area contributed by atoms with Gasteiger partial charge in [-0.05, 0) is 12.3 Å². The summed E-state index contributed by atoms with van der Waals surface area (Å²) in [5.74, 6) is -0.164. The molecule has 0 saturated carbocycles. The smallest absolute Gasteiger partial charge is 0.323 e. The Balaban J connectivity index is 1.57. The van der Waals surface area contributed by atoms with Crippen LogP contribution in [0.1, 0.15) is 46.5 Å². The molecule has 4 atom stereocenters. The molecule has 32 heavy (non-hydrogen) atoms. The first-order chi connectivity index (χ1) is 15.4. The zero-order valence-electron chi connectivity index (χ0n) is 18.9. The lowest BCUT2D eigenvalue weighted by Gasteiger charge is -2.33. The van der Waals surface area contributed by atoms with Crippen LogP contribution in [0, 0.1) is 5.92 Å². The molecular weight excluding hydrogens is 435 g/mol. The normalized spacial score (nSPS) is 23.2. The Morgan fingerprint density at radius 3 is 2.88 bits per heavy atom. The molecule has 1 aliphatic rings. The van der Waals surface area contributed by atoms with Crippen LogP contribution in [0.3, 0.4) is 0 Å². The monoisotopic (exact) mass is 468 g/mol. The van der Waals surface area contributed by atoms with Crippen LogP contribution < -0.4 is 10.8 Å². The van der Waals surface area contributed by atoms with Gasteiger partial charge in [0.2, 0.25) is 0 Å². The minimum absolute atomic E-state index is 0.0664. The molecule has 1 aliphatic heterocycles. The van der Waals surface area contributed by atoms with E-state index in [9.17, 15) is 9.36 Å². The number of nitrogens with zero attached hydrogens (tertiary/aromatic N) is 4. The van der Waals surface area contributed by atoms with Gasteiger partial charge in [-0.2, -0.15) is 0 Å². The first-order valence-electron chi connectivity index (χ1n) is 11.1. The van der Waals surface area contributed by atoms with Gasteiger partial charge in [0, 0.05) is 0 Å². The fourth-order valence-corrected chi connectivity index (χ4v) is 5.22. The summed E-state index contributed by atoms with van der Waals surface area (Å²) in [7, 11) is -3.36. The standard InChI is InChI=1S/C20H33N6O5P/c1-4-6-7-8-29-20(27)16(14(3)5-2)25-32(28)13-30-15(10-31-32)9-26-12-24-17-18(21)22-11-23-19(17)26/h11-12,14-16H,4-10,13H2,1-3H3,(H,25,28)(H2,21,22,23)/t14?,15-,16?,32?/m0/s1. The highest BCUT2D eigenvalue weighted by Gasteiger charge is 2.38. The van der Waals surface area contributed by atoms with Gasteiger partial charge >= 0.3 is 5.97 Å². The number of imidazole rings is 1. The minimum atomic E-state index is -3.36.